The number of hydrogen-bond donors (Lipinski definition) is 3. The number of amides is 2. The molecular weight excluding hydrogens is 569 g/mol. The average molecular weight is 612 g/mol. The molecule has 3 heterocycles. The number of anilines is 3. The molecule has 1 aliphatic carbocycles. The van der Waals surface area contributed by atoms with Gasteiger partial charge in [0.1, 0.15) is 11.3 Å². The van der Waals surface area contributed by atoms with Crippen LogP contribution in [0.3, 0.4) is 0 Å². The van der Waals surface area contributed by atoms with Crippen LogP contribution in [0.25, 0.3) is 22.3 Å². The molecule has 0 bridgehead atoms. The summed E-state index contributed by atoms with van der Waals surface area (Å²) in [6.07, 6.45) is 3.58. The number of rotatable bonds is 8. The van der Waals surface area contributed by atoms with E-state index in [1.807, 2.05) is 55.4 Å². The number of halogens is 1. The van der Waals surface area contributed by atoms with Crippen LogP contribution in [0.2, 0.25) is 0 Å². The van der Waals surface area contributed by atoms with Crippen LogP contribution in [0.5, 0.6) is 0 Å². The summed E-state index contributed by atoms with van der Waals surface area (Å²) in [5.41, 5.74) is 5.25. The van der Waals surface area contributed by atoms with E-state index in [0.717, 1.165) is 35.2 Å². The fourth-order valence-corrected chi connectivity index (χ4v) is 6.68. The minimum Gasteiger partial charge on any atom is -0.355 e. The lowest BCUT2D eigenvalue weighted by atomic mass is 9.84. The van der Waals surface area contributed by atoms with Crippen molar-refractivity contribution in [2.75, 3.05) is 17.3 Å². The monoisotopic (exact) mass is 611 g/mol. The molecule has 2 aromatic heterocycles. The lowest BCUT2D eigenvalue weighted by molar-refractivity contribution is -0.123. The number of carbonyl (C=O) groups excluding carboxylic acids is 2. The van der Waals surface area contributed by atoms with Crippen LogP contribution in [0.1, 0.15) is 81.9 Å². The maximum Gasteiger partial charge on any atom is 0.251 e. The number of aryl methyl sites for hydroxylation is 1. The van der Waals surface area contributed by atoms with Crippen LogP contribution in [0, 0.1) is 12.7 Å². The van der Waals surface area contributed by atoms with Gasteiger partial charge in [0.05, 0.1) is 28.6 Å². The van der Waals surface area contributed by atoms with Crippen LogP contribution in [0.15, 0.2) is 42.7 Å². The molecule has 6 rings (SSSR count). The van der Waals surface area contributed by atoms with E-state index < -0.39 is 11.2 Å². The zero-order valence-corrected chi connectivity index (χ0v) is 27.2. The first-order chi connectivity index (χ1) is 21.3. The molecule has 2 amide bonds. The third-order valence-corrected chi connectivity index (χ3v) is 9.17. The summed E-state index contributed by atoms with van der Waals surface area (Å²) in [6, 6.07) is 11.9. The molecule has 1 aliphatic heterocycles. The van der Waals surface area contributed by atoms with Crippen molar-refractivity contribution in [1.29, 1.82) is 0 Å². The normalized spacial score (nSPS) is 18.9. The van der Waals surface area contributed by atoms with Crippen LogP contribution < -0.4 is 20.9 Å². The lowest BCUT2D eigenvalue weighted by Gasteiger charge is -2.43. The second-order valence-electron chi connectivity index (χ2n) is 13.5. The van der Waals surface area contributed by atoms with Gasteiger partial charge < -0.3 is 25.4 Å². The van der Waals surface area contributed by atoms with Crippen molar-refractivity contribution < 1.29 is 14.0 Å². The van der Waals surface area contributed by atoms with E-state index in [9.17, 15) is 9.59 Å². The molecule has 10 heteroatoms. The van der Waals surface area contributed by atoms with Crippen LogP contribution >= 0.6 is 0 Å². The minimum absolute atomic E-state index is 0.0748. The third kappa shape index (κ3) is 5.24. The predicted octanol–water partition coefficient (Wildman–Crippen LogP) is 6.38. The van der Waals surface area contributed by atoms with E-state index in [2.05, 4.69) is 40.8 Å². The summed E-state index contributed by atoms with van der Waals surface area (Å²) in [5.74, 6) is -0.246. The first kappa shape index (κ1) is 30.7. The minimum atomic E-state index is -0.629. The molecule has 2 aromatic carbocycles. The number of nitrogens with one attached hydrogen (secondary N) is 3. The smallest absolute Gasteiger partial charge is 0.251 e. The summed E-state index contributed by atoms with van der Waals surface area (Å²) in [7, 11) is 1.55. The number of pyridine rings is 1. The third-order valence-electron chi connectivity index (χ3n) is 9.17. The summed E-state index contributed by atoms with van der Waals surface area (Å²) in [6.45, 7) is 14.1. The van der Waals surface area contributed by atoms with Crippen molar-refractivity contribution in [2.24, 2.45) is 0 Å². The number of nitrogens with zero attached hydrogens (tertiary/aromatic N) is 4. The Morgan fingerprint density at radius 1 is 1.09 bits per heavy atom. The number of aromatic nitrogens is 3. The van der Waals surface area contributed by atoms with E-state index in [-0.39, 0.29) is 29.6 Å². The highest BCUT2D eigenvalue weighted by molar-refractivity contribution is 6.09. The van der Waals surface area contributed by atoms with Gasteiger partial charge in [-0.15, -0.1) is 0 Å². The molecular formula is C35H42FN7O2. The van der Waals surface area contributed by atoms with Crippen molar-refractivity contribution >= 4 is 40.0 Å². The number of fused-ring (bicyclic) bond motifs is 2. The molecule has 9 nitrogen and oxygen atoms in total. The molecule has 3 N–H and O–H groups in total. The first-order valence-electron chi connectivity index (χ1n) is 15.7. The van der Waals surface area contributed by atoms with Crippen molar-refractivity contribution in [3.8, 4) is 11.3 Å². The number of hydrogen-bond acceptors (Lipinski definition) is 6. The Morgan fingerprint density at radius 3 is 2.49 bits per heavy atom. The summed E-state index contributed by atoms with van der Waals surface area (Å²) in [4.78, 5) is 37.9. The number of benzene rings is 2. The summed E-state index contributed by atoms with van der Waals surface area (Å²) in [5, 5.41) is 9.40. The van der Waals surface area contributed by atoms with Gasteiger partial charge in [-0.3, -0.25) is 9.59 Å². The molecule has 0 atom stereocenters. The van der Waals surface area contributed by atoms with E-state index in [4.69, 9.17) is 4.98 Å². The maximum absolute atomic E-state index is 15.3. The van der Waals surface area contributed by atoms with E-state index in [1.165, 1.54) is 12.1 Å². The highest BCUT2D eigenvalue weighted by Crippen LogP contribution is 2.47. The van der Waals surface area contributed by atoms with Gasteiger partial charge in [0, 0.05) is 48.0 Å². The zero-order valence-electron chi connectivity index (χ0n) is 27.2. The van der Waals surface area contributed by atoms with E-state index >= 15 is 4.39 Å². The van der Waals surface area contributed by atoms with Gasteiger partial charge in [-0.1, -0.05) is 26.0 Å². The van der Waals surface area contributed by atoms with Crippen molar-refractivity contribution in [3.63, 3.8) is 0 Å². The molecule has 1 saturated carbocycles. The number of carbonyl (C=O) groups is 2. The van der Waals surface area contributed by atoms with Gasteiger partial charge in [-0.05, 0) is 82.9 Å². The molecule has 2 aliphatic rings. The molecule has 236 valence electrons. The second kappa shape index (κ2) is 11.2. The SMILES string of the molecule is CNC(=O)c1cc(Nc2nc(-c3ccc4c(c3)N(C3CC(NC(C)C)C3)C(=O)C4(C)C)cc3ncn(C(C)C)c23)c(F)cc1C. The van der Waals surface area contributed by atoms with Gasteiger partial charge in [-0.2, -0.15) is 0 Å². The molecule has 0 radical (unpaired) electrons. The number of imidazole rings is 1. The van der Waals surface area contributed by atoms with Crippen molar-refractivity contribution in [1.82, 2.24) is 25.2 Å². The summed E-state index contributed by atoms with van der Waals surface area (Å²) >= 11 is 0. The standard InChI is InChI=1S/C35H42FN7O2/c1-18(2)39-22-13-23(14-22)43-30-12-21(9-10-25(30)35(6,7)34(43)45)27-16-29-31(42(17-38-29)19(3)4)32(40-27)41-28-15-24(33(44)37-8)20(5)11-26(28)36/h9-12,15-19,22-23,39H,13-14H2,1-8H3,(H,37,44)(H,40,41). The van der Waals surface area contributed by atoms with Gasteiger partial charge in [0.15, 0.2) is 5.82 Å². The quantitative estimate of drug-likeness (QED) is 0.214. The molecule has 45 heavy (non-hydrogen) atoms. The Kier molecular flexibility index (Phi) is 7.67. The van der Waals surface area contributed by atoms with Gasteiger partial charge >= 0.3 is 0 Å². The van der Waals surface area contributed by atoms with Crippen LogP contribution in [-0.4, -0.2) is 51.5 Å². The second-order valence-corrected chi connectivity index (χ2v) is 13.5. The Balaban J connectivity index is 1.44. The zero-order chi connectivity index (χ0) is 32.4. The molecule has 0 saturated heterocycles. The molecule has 0 spiro atoms. The Bertz CT molecular complexity index is 1820. The predicted molar refractivity (Wildman–Crippen MR) is 177 cm³/mol. The Morgan fingerprint density at radius 2 is 1.82 bits per heavy atom. The van der Waals surface area contributed by atoms with Crippen molar-refractivity contribution in [3.05, 3.63) is 65.2 Å². The average Bonchev–Trinajstić information content (AvgIpc) is 3.48. The van der Waals surface area contributed by atoms with Gasteiger partial charge in [0.2, 0.25) is 5.91 Å². The fourth-order valence-electron chi connectivity index (χ4n) is 6.68. The van der Waals surface area contributed by atoms with Gasteiger partial charge in [0.25, 0.3) is 5.91 Å². The van der Waals surface area contributed by atoms with Crippen LogP contribution in [0.4, 0.5) is 21.6 Å². The highest BCUT2D eigenvalue weighted by Gasteiger charge is 2.49. The van der Waals surface area contributed by atoms with Crippen LogP contribution in [-0.2, 0) is 10.2 Å². The fraction of sp³-hybridized carbons (Fsp3) is 0.429. The summed E-state index contributed by atoms with van der Waals surface area (Å²) < 4.78 is 17.3. The van der Waals surface area contributed by atoms with Gasteiger partial charge in [-0.25, -0.2) is 14.4 Å². The van der Waals surface area contributed by atoms with E-state index in [1.54, 1.807) is 20.3 Å². The largest absolute Gasteiger partial charge is 0.355 e. The highest BCUT2D eigenvalue weighted by atomic mass is 19.1. The maximum atomic E-state index is 15.3. The molecule has 4 aromatic rings. The topological polar surface area (TPSA) is 104 Å². The Labute approximate surface area is 263 Å². The lowest BCUT2D eigenvalue weighted by Crippen LogP contribution is -2.56. The first-order valence-corrected chi connectivity index (χ1v) is 15.7. The van der Waals surface area contributed by atoms with Crippen molar-refractivity contribution in [2.45, 2.75) is 90.9 Å². The molecule has 1 fully saturated rings. The molecule has 0 unspecified atom stereocenters. The van der Waals surface area contributed by atoms with E-state index in [0.29, 0.717) is 40.2 Å². The Hall–Kier alpha value is -4.31.